The molecule has 0 aliphatic heterocycles. The summed E-state index contributed by atoms with van der Waals surface area (Å²) in [7, 11) is 0. The van der Waals surface area contributed by atoms with Crippen LogP contribution in [0.2, 0.25) is 10.0 Å². The maximum absolute atomic E-state index is 12.3. The van der Waals surface area contributed by atoms with Gasteiger partial charge in [0, 0.05) is 16.8 Å². The highest BCUT2D eigenvalue weighted by molar-refractivity contribution is 6.34. The number of aromatic amines is 2. The first kappa shape index (κ1) is 16.4. The molecule has 0 aliphatic carbocycles. The van der Waals surface area contributed by atoms with Crippen molar-refractivity contribution in [2.75, 3.05) is 5.32 Å². The van der Waals surface area contributed by atoms with E-state index < -0.39 is 6.10 Å². The number of carbonyl (C=O) groups excluding carboxylic acids is 1. The third-order valence-electron chi connectivity index (χ3n) is 3.35. The van der Waals surface area contributed by atoms with Gasteiger partial charge in [-0.15, -0.1) is 0 Å². The molecule has 1 atom stereocenters. The predicted octanol–water partition coefficient (Wildman–Crippen LogP) is 3.57. The molecule has 3 aromatic rings. The lowest BCUT2D eigenvalue weighted by Gasteiger charge is -2.16. The Balaban J connectivity index is 1.72. The van der Waals surface area contributed by atoms with E-state index in [1.807, 2.05) is 0 Å². The topological polar surface area (TPSA) is 87.0 Å². The van der Waals surface area contributed by atoms with Crippen LogP contribution in [0.1, 0.15) is 6.92 Å². The Morgan fingerprint density at radius 1 is 1.12 bits per heavy atom. The number of ether oxygens (including phenoxy) is 1. The maximum Gasteiger partial charge on any atom is 0.323 e. The Morgan fingerprint density at radius 2 is 1.88 bits per heavy atom. The first-order valence-corrected chi connectivity index (χ1v) is 7.82. The van der Waals surface area contributed by atoms with Crippen LogP contribution in [0.25, 0.3) is 11.0 Å². The zero-order valence-corrected chi connectivity index (χ0v) is 14.0. The van der Waals surface area contributed by atoms with E-state index in [-0.39, 0.29) is 11.6 Å². The van der Waals surface area contributed by atoms with Crippen molar-refractivity contribution >= 4 is 45.8 Å². The number of hydrogen-bond donors (Lipinski definition) is 3. The van der Waals surface area contributed by atoms with Crippen LogP contribution < -0.4 is 15.7 Å². The zero-order chi connectivity index (χ0) is 17.3. The fraction of sp³-hybridized carbons (Fsp3) is 0.125. The lowest BCUT2D eigenvalue weighted by Crippen LogP contribution is -2.30. The van der Waals surface area contributed by atoms with Gasteiger partial charge in [-0.25, -0.2) is 4.79 Å². The van der Waals surface area contributed by atoms with Crippen LogP contribution in [0.3, 0.4) is 0 Å². The molecular formula is C16H13Cl2N3O3. The smallest absolute Gasteiger partial charge is 0.323 e. The molecule has 0 spiro atoms. The van der Waals surface area contributed by atoms with E-state index in [0.717, 1.165) is 0 Å². The molecule has 0 saturated heterocycles. The minimum atomic E-state index is -0.790. The highest BCUT2D eigenvalue weighted by Gasteiger charge is 2.17. The van der Waals surface area contributed by atoms with Gasteiger partial charge in [0.1, 0.15) is 5.75 Å². The normalized spacial score (nSPS) is 12.1. The molecule has 8 heteroatoms. The molecule has 0 unspecified atom stereocenters. The second-order valence-corrected chi connectivity index (χ2v) is 6.01. The molecule has 0 bridgehead atoms. The lowest BCUT2D eigenvalue weighted by atomic mass is 10.2. The van der Waals surface area contributed by atoms with Gasteiger partial charge in [-0.05, 0) is 37.3 Å². The summed E-state index contributed by atoms with van der Waals surface area (Å²) >= 11 is 11.9. The molecule has 0 saturated carbocycles. The van der Waals surface area contributed by atoms with Crippen LogP contribution in [0, 0.1) is 0 Å². The highest BCUT2D eigenvalue weighted by atomic mass is 35.5. The highest BCUT2D eigenvalue weighted by Crippen LogP contribution is 2.28. The summed E-state index contributed by atoms with van der Waals surface area (Å²) in [5.41, 5.74) is 1.49. The first-order chi connectivity index (χ1) is 11.4. The van der Waals surface area contributed by atoms with Crippen molar-refractivity contribution in [2.24, 2.45) is 0 Å². The quantitative estimate of drug-likeness (QED) is 0.660. The summed E-state index contributed by atoms with van der Waals surface area (Å²) in [6, 6.07) is 9.81. The fourth-order valence-electron chi connectivity index (χ4n) is 2.17. The molecule has 1 aromatic heterocycles. The van der Waals surface area contributed by atoms with Gasteiger partial charge >= 0.3 is 5.69 Å². The Bertz CT molecular complexity index is 965. The van der Waals surface area contributed by atoms with Crippen LogP contribution in [0.15, 0.2) is 41.2 Å². The van der Waals surface area contributed by atoms with E-state index in [1.54, 1.807) is 43.3 Å². The number of anilines is 1. The number of aromatic nitrogens is 2. The number of fused-ring (bicyclic) bond motifs is 1. The van der Waals surface area contributed by atoms with Crippen molar-refractivity contribution in [1.82, 2.24) is 9.97 Å². The molecule has 124 valence electrons. The van der Waals surface area contributed by atoms with Gasteiger partial charge in [0.2, 0.25) is 0 Å². The van der Waals surface area contributed by atoms with Crippen LogP contribution in [0.5, 0.6) is 5.75 Å². The number of nitrogens with one attached hydrogen (secondary N) is 3. The average molecular weight is 366 g/mol. The van der Waals surface area contributed by atoms with Gasteiger partial charge in [0.05, 0.1) is 16.1 Å². The van der Waals surface area contributed by atoms with Crippen LogP contribution in [-0.4, -0.2) is 22.0 Å². The predicted molar refractivity (Wildman–Crippen MR) is 94.1 cm³/mol. The average Bonchev–Trinajstić information content (AvgIpc) is 2.90. The Morgan fingerprint density at radius 3 is 2.67 bits per heavy atom. The second kappa shape index (κ2) is 6.59. The van der Waals surface area contributed by atoms with Crippen molar-refractivity contribution in [3.63, 3.8) is 0 Å². The summed E-state index contributed by atoms with van der Waals surface area (Å²) in [6.07, 6.45) is -0.790. The van der Waals surface area contributed by atoms with Crippen LogP contribution in [-0.2, 0) is 4.79 Å². The number of hydrogen-bond acceptors (Lipinski definition) is 3. The van der Waals surface area contributed by atoms with E-state index >= 15 is 0 Å². The summed E-state index contributed by atoms with van der Waals surface area (Å²) in [5, 5.41) is 3.55. The summed E-state index contributed by atoms with van der Waals surface area (Å²) in [4.78, 5) is 28.8. The molecule has 0 fully saturated rings. The summed E-state index contributed by atoms with van der Waals surface area (Å²) in [6.45, 7) is 1.60. The molecule has 0 radical (unpaired) electrons. The number of imidazole rings is 1. The van der Waals surface area contributed by atoms with Gasteiger partial charge in [-0.2, -0.15) is 0 Å². The van der Waals surface area contributed by atoms with Gasteiger partial charge in [0.15, 0.2) is 6.10 Å². The summed E-state index contributed by atoms with van der Waals surface area (Å²) in [5.74, 6) is -0.0273. The van der Waals surface area contributed by atoms with Crippen molar-refractivity contribution in [3.05, 3.63) is 56.9 Å². The van der Waals surface area contributed by atoms with Gasteiger partial charge < -0.3 is 20.0 Å². The number of amides is 1. The molecule has 3 N–H and O–H groups in total. The largest absolute Gasteiger partial charge is 0.479 e. The molecule has 3 rings (SSSR count). The van der Waals surface area contributed by atoms with Crippen molar-refractivity contribution in [3.8, 4) is 5.75 Å². The summed E-state index contributed by atoms with van der Waals surface area (Å²) < 4.78 is 5.56. The Hall–Kier alpha value is -2.44. The number of benzene rings is 2. The number of halogens is 2. The third-order valence-corrected chi connectivity index (χ3v) is 3.90. The Kier molecular flexibility index (Phi) is 4.51. The molecule has 0 aliphatic rings. The monoisotopic (exact) mass is 365 g/mol. The zero-order valence-electron chi connectivity index (χ0n) is 12.5. The molecule has 24 heavy (non-hydrogen) atoms. The second-order valence-electron chi connectivity index (χ2n) is 5.16. The number of H-pyrrole nitrogens is 2. The maximum atomic E-state index is 12.3. The van der Waals surface area contributed by atoms with E-state index in [9.17, 15) is 9.59 Å². The fourth-order valence-corrected chi connectivity index (χ4v) is 2.49. The number of rotatable bonds is 4. The van der Waals surface area contributed by atoms with Crippen LogP contribution >= 0.6 is 23.2 Å². The minimum Gasteiger partial charge on any atom is -0.479 e. The van der Waals surface area contributed by atoms with Crippen molar-refractivity contribution in [2.45, 2.75) is 13.0 Å². The standard InChI is InChI=1S/C16H13Cl2N3O3/c1-8(24-14-6-9(17)2-4-11(14)18)15(22)19-10-3-5-12-13(7-10)21-16(23)20-12/h2-8H,1H3,(H,19,22)(H2,20,21,23)/t8-/m1/s1. The molecular weight excluding hydrogens is 353 g/mol. The molecule has 1 heterocycles. The Labute approximate surface area is 146 Å². The minimum absolute atomic E-state index is 0.305. The van der Waals surface area contributed by atoms with E-state index in [2.05, 4.69) is 15.3 Å². The van der Waals surface area contributed by atoms with Gasteiger partial charge in [-0.1, -0.05) is 23.2 Å². The van der Waals surface area contributed by atoms with Crippen molar-refractivity contribution < 1.29 is 9.53 Å². The third kappa shape index (κ3) is 3.55. The van der Waals surface area contributed by atoms with E-state index in [0.29, 0.717) is 32.5 Å². The van der Waals surface area contributed by atoms with Crippen molar-refractivity contribution in [1.29, 1.82) is 0 Å². The molecule has 6 nitrogen and oxygen atoms in total. The first-order valence-electron chi connectivity index (χ1n) is 7.07. The van der Waals surface area contributed by atoms with Gasteiger partial charge in [-0.3, -0.25) is 4.79 Å². The van der Waals surface area contributed by atoms with Gasteiger partial charge in [0.25, 0.3) is 5.91 Å². The molecule has 1 amide bonds. The van der Waals surface area contributed by atoms with Crippen LogP contribution in [0.4, 0.5) is 5.69 Å². The lowest BCUT2D eigenvalue weighted by molar-refractivity contribution is -0.122. The van der Waals surface area contributed by atoms with E-state index in [4.69, 9.17) is 27.9 Å². The number of carbonyl (C=O) groups is 1. The molecule has 2 aromatic carbocycles. The van der Waals surface area contributed by atoms with E-state index in [1.165, 1.54) is 0 Å². The SMILES string of the molecule is C[C@@H](Oc1cc(Cl)ccc1Cl)C(=O)Nc1ccc2[nH]c(=O)[nH]c2c1.